The molecule has 1 N–H and O–H groups in total. The lowest BCUT2D eigenvalue weighted by molar-refractivity contribution is -0.131. The summed E-state index contributed by atoms with van der Waals surface area (Å²) in [6.45, 7) is 30.1. The number of ether oxygens (including phenoxy) is 4. The summed E-state index contributed by atoms with van der Waals surface area (Å²) in [7, 11) is 0. The molecular formula is C50H57BrN8O6. The van der Waals surface area contributed by atoms with Crippen molar-refractivity contribution in [1.29, 1.82) is 5.26 Å². The highest BCUT2D eigenvalue weighted by Gasteiger charge is 2.20. The Morgan fingerprint density at radius 2 is 0.954 bits per heavy atom. The van der Waals surface area contributed by atoms with Gasteiger partial charge in [0, 0.05) is 77.1 Å². The smallest absolute Gasteiger partial charge is 0.223 e. The van der Waals surface area contributed by atoms with Gasteiger partial charge in [0.05, 0.1) is 57.8 Å². The Kier molecular flexibility index (Phi) is 23.9. The van der Waals surface area contributed by atoms with Crippen LogP contribution in [0.3, 0.4) is 0 Å². The molecule has 65 heavy (non-hydrogen) atoms. The van der Waals surface area contributed by atoms with Crippen molar-refractivity contribution in [3.8, 4) is 29.1 Å². The Hall–Kier alpha value is -6.62. The van der Waals surface area contributed by atoms with Crippen LogP contribution >= 0.6 is 15.9 Å². The maximum absolute atomic E-state index is 12.4. The van der Waals surface area contributed by atoms with Crippen LogP contribution < -0.4 is 24.3 Å². The number of alkyl halides is 1. The summed E-state index contributed by atoms with van der Waals surface area (Å²) >= 11 is 3.33. The molecule has 2 aliphatic rings. The van der Waals surface area contributed by atoms with Crippen LogP contribution in [0.25, 0.3) is 14.5 Å². The number of carbonyl (C=O) groups is 2. The van der Waals surface area contributed by atoms with Gasteiger partial charge in [0.1, 0.15) is 23.0 Å². The SMILES string of the molecule is [C-]#[N+]c1ccc(OCCCBr)cc1.[C-]#[N+]c1ccc(OCCCN2CCN(CCCOc3ccc(C#N)cc3)CCC2=O)cc1.[C-]#[N+]c1ccc(OCCCN2CCNCCC2=O)cc1. The van der Waals surface area contributed by atoms with Crippen LogP contribution in [0.2, 0.25) is 0 Å². The van der Waals surface area contributed by atoms with E-state index < -0.39 is 0 Å². The van der Waals surface area contributed by atoms with Crippen molar-refractivity contribution in [2.75, 3.05) is 90.7 Å². The number of hydrogen-bond acceptors (Lipinski definition) is 9. The molecule has 0 bridgehead atoms. The lowest BCUT2D eigenvalue weighted by Gasteiger charge is -2.22. The number of hydrogen-bond donors (Lipinski definition) is 1. The molecule has 2 fully saturated rings. The van der Waals surface area contributed by atoms with Crippen LogP contribution in [0.5, 0.6) is 23.0 Å². The van der Waals surface area contributed by atoms with E-state index in [1.165, 1.54) is 0 Å². The number of nitriles is 1. The lowest BCUT2D eigenvalue weighted by Crippen LogP contribution is -2.35. The predicted molar refractivity (Wildman–Crippen MR) is 255 cm³/mol. The molecule has 0 unspecified atom stereocenters. The van der Waals surface area contributed by atoms with Gasteiger partial charge in [-0.1, -0.05) is 52.3 Å². The molecule has 2 heterocycles. The second kappa shape index (κ2) is 30.5. The number of nitrogens with one attached hydrogen (secondary N) is 1. The molecule has 2 saturated heterocycles. The molecule has 340 valence electrons. The van der Waals surface area contributed by atoms with Crippen molar-refractivity contribution in [2.24, 2.45) is 0 Å². The third-order valence-corrected chi connectivity index (χ3v) is 10.7. The summed E-state index contributed by atoms with van der Waals surface area (Å²) in [6.07, 6.45) is 4.58. The Balaban J connectivity index is 0.000000238. The van der Waals surface area contributed by atoms with E-state index >= 15 is 0 Å². The molecule has 4 aromatic carbocycles. The Labute approximate surface area is 392 Å². The molecule has 0 aromatic heterocycles. The molecule has 4 aromatic rings. The van der Waals surface area contributed by atoms with E-state index in [2.05, 4.69) is 46.8 Å². The Morgan fingerprint density at radius 1 is 0.538 bits per heavy atom. The quantitative estimate of drug-likeness (QED) is 0.0556. The summed E-state index contributed by atoms with van der Waals surface area (Å²) in [4.78, 5) is 40.3. The predicted octanol–water partition coefficient (Wildman–Crippen LogP) is 9.11. The van der Waals surface area contributed by atoms with Crippen molar-refractivity contribution in [3.63, 3.8) is 0 Å². The molecule has 0 saturated carbocycles. The second-order valence-corrected chi connectivity index (χ2v) is 15.6. The average molecular weight is 946 g/mol. The molecule has 0 aliphatic carbocycles. The van der Waals surface area contributed by atoms with Crippen LogP contribution in [0.15, 0.2) is 97.1 Å². The minimum atomic E-state index is 0.197. The van der Waals surface area contributed by atoms with Gasteiger partial charge in [0.2, 0.25) is 11.8 Å². The fourth-order valence-corrected chi connectivity index (χ4v) is 6.74. The van der Waals surface area contributed by atoms with E-state index in [0.29, 0.717) is 68.4 Å². The fraction of sp³-hybridized carbons (Fsp3) is 0.400. The normalized spacial score (nSPS) is 13.7. The number of rotatable bonds is 19. The highest BCUT2D eigenvalue weighted by Crippen LogP contribution is 2.20. The molecular weight excluding hydrogens is 889 g/mol. The van der Waals surface area contributed by atoms with Gasteiger partial charge in [-0.3, -0.25) is 9.59 Å². The number of halogens is 1. The Morgan fingerprint density at radius 3 is 1.40 bits per heavy atom. The summed E-state index contributed by atoms with van der Waals surface area (Å²) < 4.78 is 22.5. The van der Waals surface area contributed by atoms with Crippen LogP contribution in [0.4, 0.5) is 17.1 Å². The molecule has 0 radical (unpaired) electrons. The topological polar surface area (TPSA) is 130 Å². The summed E-state index contributed by atoms with van der Waals surface area (Å²) in [5.41, 5.74) is 2.48. The number of nitrogens with zero attached hydrogens (tertiary/aromatic N) is 7. The van der Waals surface area contributed by atoms with Crippen LogP contribution in [0, 0.1) is 31.0 Å². The van der Waals surface area contributed by atoms with Gasteiger partial charge in [-0.25, -0.2) is 14.5 Å². The molecule has 0 spiro atoms. The van der Waals surface area contributed by atoms with E-state index in [1.807, 2.05) is 34.1 Å². The molecule has 2 amide bonds. The highest BCUT2D eigenvalue weighted by atomic mass is 79.9. The molecule has 14 nitrogen and oxygen atoms in total. The minimum Gasteiger partial charge on any atom is -0.494 e. The first-order chi connectivity index (χ1) is 31.8. The number of amides is 2. The molecule has 6 rings (SSSR count). The summed E-state index contributed by atoms with van der Waals surface area (Å²) in [5, 5.41) is 13.0. The second-order valence-electron chi connectivity index (χ2n) is 14.8. The first-order valence-corrected chi connectivity index (χ1v) is 22.9. The lowest BCUT2D eigenvalue weighted by atomic mass is 10.2. The van der Waals surface area contributed by atoms with E-state index in [0.717, 1.165) is 106 Å². The van der Waals surface area contributed by atoms with Gasteiger partial charge in [0.25, 0.3) is 0 Å². The zero-order chi connectivity index (χ0) is 46.3. The minimum absolute atomic E-state index is 0.197. The van der Waals surface area contributed by atoms with Gasteiger partial charge in [-0.05, 0) is 86.3 Å². The first-order valence-electron chi connectivity index (χ1n) is 21.8. The summed E-state index contributed by atoms with van der Waals surface area (Å²) in [5.74, 6) is 3.52. The van der Waals surface area contributed by atoms with E-state index in [1.54, 1.807) is 72.8 Å². The van der Waals surface area contributed by atoms with Crippen LogP contribution in [-0.2, 0) is 9.59 Å². The standard InChI is InChI=1S/C25H28N4O3.C15H19N3O2.C10H10BrNO/c1-27-22-6-10-24(11-7-22)32-19-3-14-29-17-16-28(15-12-25(29)30)13-2-18-31-23-8-4-21(20-26)5-9-23;1-16-13-3-5-14(6-4-13)20-12-2-10-18-11-9-17-8-7-15(18)19;1-12-9-3-5-10(6-4-9)13-8-2-7-11/h4-11H,2-3,12-19H2;3-6,17H,2,7-12H2;3-6H,2,7-8H2. The van der Waals surface area contributed by atoms with Gasteiger partial charge < -0.3 is 39.0 Å². The molecule has 2 aliphatic heterocycles. The largest absolute Gasteiger partial charge is 0.494 e. The van der Waals surface area contributed by atoms with Gasteiger partial charge in [-0.15, -0.1) is 0 Å². The van der Waals surface area contributed by atoms with Gasteiger partial charge in [0.15, 0.2) is 17.1 Å². The monoisotopic (exact) mass is 944 g/mol. The van der Waals surface area contributed by atoms with Crippen LogP contribution in [0.1, 0.15) is 44.1 Å². The molecule has 0 atom stereocenters. The van der Waals surface area contributed by atoms with Gasteiger partial charge in [-0.2, -0.15) is 5.26 Å². The maximum atomic E-state index is 12.4. The van der Waals surface area contributed by atoms with Crippen molar-refractivity contribution in [2.45, 2.75) is 38.5 Å². The van der Waals surface area contributed by atoms with Crippen molar-refractivity contribution in [1.82, 2.24) is 20.0 Å². The third-order valence-electron chi connectivity index (χ3n) is 10.1. The maximum Gasteiger partial charge on any atom is 0.223 e. The Bertz CT molecular complexity index is 2180. The van der Waals surface area contributed by atoms with Crippen molar-refractivity contribution in [3.05, 3.63) is 137 Å². The van der Waals surface area contributed by atoms with Gasteiger partial charge >= 0.3 is 0 Å². The van der Waals surface area contributed by atoms with Crippen molar-refractivity contribution >= 4 is 44.8 Å². The van der Waals surface area contributed by atoms with Crippen molar-refractivity contribution < 1.29 is 28.5 Å². The zero-order valence-corrected chi connectivity index (χ0v) is 38.4. The van der Waals surface area contributed by atoms with Crippen LogP contribution in [-0.4, -0.2) is 117 Å². The molecule has 15 heteroatoms. The highest BCUT2D eigenvalue weighted by molar-refractivity contribution is 9.09. The average Bonchev–Trinajstić information content (AvgIpc) is 3.67. The number of benzene rings is 4. The van der Waals surface area contributed by atoms with E-state index in [-0.39, 0.29) is 11.8 Å². The third kappa shape index (κ3) is 20.2. The fourth-order valence-electron chi connectivity index (χ4n) is 6.51. The first kappa shape index (κ1) is 51.0. The number of carbonyl (C=O) groups excluding carboxylic acids is 2. The zero-order valence-electron chi connectivity index (χ0n) is 36.8. The van der Waals surface area contributed by atoms with E-state index in [9.17, 15) is 9.59 Å². The summed E-state index contributed by atoms with van der Waals surface area (Å²) in [6, 6.07) is 30.5. The van der Waals surface area contributed by atoms with E-state index in [4.69, 9.17) is 43.9 Å².